The third-order valence-corrected chi connectivity index (χ3v) is 12.7. The molecule has 3 heterocycles. The van der Waals surface area contributed by atoms with E-state index in [2.05, 4.69) is 26.2 Å². The van der Waals surface area contributed by atoms with Gasteiger partial charge < -0.3 is 54.9 Å². The average molecular weight is 916 g/mol. The summed E-state index contributed by atoms with van der Waals surface area (Å²) in [7, 11) is 5.66. The van der Waals surface area contributed by atoms with Gasteiger partial charge in [-0.1, -0.05) is 52.0 Å². The Labute approximate surface area is 385 Å². The predicted molar refractivity (Wildman–Crippen MR) is 244 cm³/mol. The second-order valence-electron chi connectivity index (χ2n) is 17.5. The van der Waals surface area contributed by atoms with Crippen LogP contribution in [0.3, 0.4) is 0 Å². The van der Waals surface area contributed by atoms with E-state index in [4.69, 9.17) is 18.9 Å². The summed E-state index contributed by atoms with van der Waals surface area (Å²) in [6.07, 6.45) is -0.337. The molecular formula is C48H62FN7O10. The number of halogens is 1. The normalized spacial score (nSPS) is 22.5. The second-order valence-corrected chi connectivity index (χ2v) is 17.5. The van der Waals surface area contributed by atoms with Crippen molar-refractivity contribution in [3.63, 3.8) is 0 Å². The van der Waals surface area contributed by atoms with Crippen molar-refractivity contribution in [1.82, 2.24) is 20.4 Å². The summed E-state index contributed by atoms with van der Waals surface area (Å²) in [5.41, 5.74) is 3.36. The summed E-state index contributed by atoms with van der Waals surface area (Å²) in [6.45, 7) is 7.99. The minimum atomic E-state index is -0.859. The lowest BCUT2D eigenvalue weighted by Crippen LogP contribution is -2.54. The molecule has 3 aliphatic heterocycles. The fourth-order valence-corrected chi connectivity index (χ4v) is 9.35. The van der Waals surface area contributed by atoms with Crippen LogP contribution in [0.1, 0.15) is 76.6 Å². The number of anilines is 3. The van der Waals surface area contributed by atoms with Crippen molar-refractivity contribution in [3.8, 4) is 0 Å². The van der Waals surface area contributed by atoms with Crippen LogP contribution in [0.4, 0.5) is 31.0 Å². The quantitative estimate of drug-likeness (QED) is 0.144. The Morgan fingerprint density at radius 2 is 0.955 bits per heavy atom. The highest BCUT2D eigenvalue weighted by atomic mass is 19.1. The molecule has 6 amide bonds. The van der Waals surface area contributed by atoms with E-state index in [1.165, 1.54) is 36.2 Å². The van der Waals surface area contributed by atoms with Gasteiger partial charge in [0, 0.05) is 44.4 Å². The molecule has 3 aromatic rings. The molecule has 3 aromatic carbocycles. The number of hydrogen-bond acceptors (Lipinski definition) is 11. The van der Waals surface area contributed by atoms with Crippen LogP contribution in [0, 0.1) is 17.7 Å². The van der Waals surface area contributed by atoms with Crippen LogP contribution in [0.2, 0.25) is 0 Å². The Kier molecular flexibility index (Phi) is 16.2. The number of ether oxygens (including phenoxy) is 4. The standard InChI is InChI=1S/C48H62FN7O10/c1-27(2)37(52-47(61)65-7)45(59)54-25-9-11-35(54)43(57)50-32-19-13-29(14-20-32)39-41(63-5)42(64-6)40(56(39)34-23-17-31(49)18-24-34)30-15-21-33(22-16-30)51-44(58)36-12-10-26-55(36)46(60)38(28(3)4)53-48(62)66-8/h13-24,27-28,35-42H,9-12,25-26H2,1-8H3,(H,50,57)(H,51,58)(H,52,61)(H,53,62). The van der Waals surface area contributed by atoms with Crippen molar-refractivity contribution in [1.29, 1.82) is 0 Å². The zero-order valence-corrected chi connectivity index (χ0v) is 38.7. The molecule has 18 heteroatoms. The molecule has 3 fully saturated rings. The zero-order chi connectivity index (χ0) is 47.8. The van der Waals surface area contributed by atoms with Crippen LogP contribution in [-0.2, 0) is 38.1 Å². The van der Waals surface area contributed by atoms with Crippen LogP contribution in [0.15, 0.2) is 72.8 Å². The molecule has 17 nitrogen and oxygen atoms in total. The van der Waals surface area contributed by atoms with Crippen molar-refractivity contribution < 1.29 is 52.1 Å². The molecule has 3 saturated heterocycles. The van der Waals surface area contributed by atoms with Crippen molar-refractivity contribution in [3.05, 3.63) is 89.7 Å². The van der Waals surface area contributed by atoms with E-state index in [0.29, 0.717) is 55.8 Å². The molecule has 356 valence electrons. The number of carbonyl (C=O) groups is 6. The highest BCUT2D eigenvalue weighted by molar-refractivity contribution is 5.99. The summed E-state index contributed by atoms with van der Waals surface area (Å²) < 4.78 is 36.3. The van der Waals surface area contributed by atoms with Crippen molar-refractivity contribution in [2.45, 2.75) is 102 Å². The Balaban J connectivity index is 1.22. The summed E-state index contributed by atoms with van der Waals surface area (Å²) >= 11 is 0. The molecular weight excluding hydrogens is 854 g/mol. The van der Waals surface area contributed by atoms with Gasteiger partial charge in [0.25, 0.3) is 0 Å². The Hall–Kier alpha value is -6.27. The highest BCUT2D eigenvalue weighted by Crippen LogP contribution is 2.49. The first-order valence-corrected chi connectivity index (χ1v) is 22.3. The van der Waals surface area contributed by atoms with Gasteiger partial charge in [-0.15, -0.1) is 0 Å². The van der Waals surface area contributed by atoms with E-state index in [9.17, 15) is 33.2 Å². The monoisotopic (exact) mass is 915 g/mol. The van der Waals surface area contributed by atoms with Gasteiger partial charge in [-0.2, -0.15) is 0 Å². The maximum Gasteiger partial charge on any atom is 0.407 e. The number of hydrogen-bond donors (Lipinski definition) is 4. The summed E-state index contributed by atoms with van der Waals surface area (Å²) in [6, 6.07) is 16.7. The fraction of sp³-hybridized carbons (Fsp3) is 0.500. The first-order chi connectivity index (χ1) is 31.6. The number of benzene rings is 3. The number of methoxy groups -OCH3 is 4. The number of nitrogens with one attached hydrogen (secondary N) is 4. The van der Waals surface area contributed by atoms with E-state index in [0.717, 1.165) is 11.1 Å². The molecule has 6 rings (SSSR count). The van der Waals surface area contributed by atoms with Gasteiger partial charge in [-0.05, 0) is 97.2 Å². The lowest BCUT2D eigenvalue weighted by Gasteiger charge is -2.34. The van der Waals surface area contributed by atoms with Crippen LogP contribution in [-0.4, -0.2) is 124 Å². The largest absolute Gasteiger partial charge is 0.453 e. The lowest BCUT2D eigenvalue weighted by molar-refractivity contribution is -0.139. The molecule has 0 aromatic heterocycles. The van der Waals surface area contributed by atoms with Crippen LogP contribution in [0.25, 0.3) is 0 Å². The molecule has 4 N–H and O–H groups in total. The van der Waals surface area contributed by atoms with Crippen LogP contribution < -0.4 is 26.2 Å². The van der Waals surface area contributed by atoms with Gasteiger partial charge in [-0.25, -0.2) is 14.0 Å². The average Bonchev–Trinajstić information content (AvgIpc) is 4.08. The molecule has 3 aliphatic rings. The van der Waals surface area contributed by atoms with Gasteiger partial charge in [0.05, 0.1) is 26.3 Å². The van der Waals surface area contributed by atoms with E-state index >= 15 is 0 Å². The summed E-state index contributed by atoms with van der Waals surface area (Å²) in [4.78, 5) is 83.8. The molecule has 8 atom stereocenters. The van der Waals surface area contributed by atoms with Crippen LogP contribution >= 0.6 is 0 Å². The molecule has 66 heavy (non-hydrogen) atoms. The minimum absolute atomic E-state index is 0.240. The first kappa shape index (κ1) is 49.2. The van der Waals surface area contributed by atoms with Crippen LogP contribution in [0.5, 0.6) is 0 Å². The summed E-state index contributed by atoms with van der Waals surface area (Å²) in [5, 5.41) is 11.2. The van der Waals surface area contributed by atoms with E-state index in [1.807, 2.05) is 52.0 Å². The third-order valence-electron chi connectivity index (χ3n) is 12.7. The fourth-order valence-electron chi connectivity index (χ4n) is 9.35. The van der Waals surface area contributed by atoms with Crippen molar-refractivity contribution >= 4 is 52.9 Å². The van der Waals surface area contributed by atoms with Gasteiger partial charge >= 0.3 is 12.2 Å². The second kappa shape index (κ2) is 21.8. The van der Waals surface area contributed by atoms with Crippen molar-refractivity contribution in [2.24, 2.45) is 11.8 Å². The molecule has 0 aliphatic carbocycles. The van der Waals surface area contributed by atoms with Crippen molar-refractivity contribution in [2.75, 3.05) is 57.1 Å². The topological polar surface area (TPSA) is 197 Å². The number of alkyl carbamates (subject to hydrolysis) is 2. The number of likely N-dealkylation sites (tertiary alicyclic amines) is 2. The third kappa shape index (κ3) is 10.7. The zero-order valence-electron chi connectivity index (χ0n) is 38.7. The van der Waals surface area contributed by atoms with Gasteiger partial charge in [0.1, 0.15) is 42.2 Å². The molecule has 0 radical (unpaired) electrons. The number of carbonyl (C=O) groups excluding carboxylic acids is 6. The Bertz CT molecular complexity index is 2060. The SMILES string of the molecule is COC(=O)NC(C(=O)N1CCCC1C(=O)Nc1ccc(C2C(OC)C(OC)C(c3ccc(NC(=O)C4CCCN4C(=O)C(NC(=O)OC)C(C)C)cc3)N2c2ccc(F)cc2)cc1)C(C)C. The molecule has 8 unspecified atom stereocenters. The van der Waals surface area contributed by atoms with E-state index < -0.39 is 66.5 Å². The molecule has 0 spiro atoms. The molecule has 0 saturated carbocycles. The predicted octanol–water partition coefficient (Wildman–Crippen LogP) is 5.78. The summed E-state index contributed by atoms with van der Waals surface area (Å²) in [5.74, 6) is -2.28. The smallest absolute Gasteiger partial charge is 0.407 e. The Morgan fingerprint density at radius 1 is 0.576 bits per heavy atom. The van der Waals surface area contributed by atoms with E-state index in [1.54, 1.807) is 50.6 Å². The maximum absolute atomic E-state index is 14.4. The molecule has 0 bridgehead atoms. The maximum atomic E-state index is 14.4. The number of nitrogens with zero attached hydrogens (tertiary/aromatic N) is 3. The number of amides is 6. The highest BCUT2D eigenvalue weighted by Gasteiger charge is 2.51. The minimum Gasteiger partial charge on any atom is -0.453 e. The van der Waals surface area contributed by atoms with Gasteiger partial charge in [0.2, 0.25) is 23.6 Å². The van der Waals surface area contributed by atoms with Gasteiger partial charge in [-0.3, -0.25) is 19.2 Å². The van der Waals surface area contributed by atoms with Gasteiger partial charge in [0.15, 0.2) is 0 Å². The van der Waals surface area contributed by atoms with E-state index in [-0.39, 0.29) is 35.5 Å². The lowest BCUT2D eigenvalue weighted by atomic mass is 9.98. The number of rotatable bonds is 15. The Morgan fingerprint density at radius 3 is 1.29 bits per heavy atom. The first-order valence-electron chi connectivity index (χ1n) is 22.3.